The normalized spacial score (nSPS) is 8.67. The first kappa shape index (κ1) is 22.6. The van der Waals surface area contributed by atoms with E-state index in [1.807, 2.05) is 27.7 Å². The molecule has 0 heterocycles. The van der Waals surface area contributed by atoms with Crippen LogP contribution in [0.25, 0.3) is 0 Å². The molecule has 0 unspecified atom stereocenters. The van der Waals surface area contributed by atoms with Crippen molar-refractivity contribution < 1.29 is 0 Å². The largest absolute Gasteiger partial charge is 0.124 e. The first-order chi connectivity index (χ1) is 5.91. The summed E-state index contributed by atoms with van der Waals surface area (Å²) < 4.78 is 0. The van der Waals surface area contributed by atoms with Crippen LogP contribution in [-0.2, 0) is 0 Å². The van der Waals surface area contributed by atoms with Gasteiger partial charge in [-0.25, -0.2) is 0 Å². The van der Waals surface area contributed by atoms with E-state index in [2.05, 4.69) is 26.7 Å². The van der Waals surface area contributed by atoms with Gasteiger partial charge in [0.15, 0.2) is 0 Å². The molecule has 0 saturated heterocycles. The lowest BCUT2D eigenvalue weighted by atomic mass is 10.6. The van der Waals surface area contributed by atoms with E-state index in [0.29, 0.717) is 0 Å². The van der Waals surface area contributed by atoms with E-state index >= 15 is 0 Å². The zero-order chi connectivity index (χ0) is 10.8. The van der Waals surface area contributed by atoms with Gasteiger partial charge in [0.2, 0.25) is 0 Å². The Morgan fingerprint density at radius 3 is 0.833 bits per heavy atom. The molecule has 0 bridgehead atoms. The van der Waals surface area contributed by atoms with Crippen molar-refractivity contribution >= 4 is 0 Å². The SMILES string of the molecule is C#C.C1CC1.CC.CC.CCC. The van der Waals surface area contributed by atoms with E-state index in [4.69, 9.17) is 0 Å². The monoisotopic (exact) mass is 172 g/mol. The summed E-state index contributed by atoms with van der Waals surface area (Å²) in [6, 6.07) is 0. The van der Waals surface area contributed by atoms with Gasteiger partial charge in [0.1, 0.15) is 0 Å². The molecule has 1 rings (SSSR count). The minimum Gasteiger partial charge on any atom is -0.124 e. The average molecular weight is 172 g/mol. The lowest BCUT2D eigenvalue weighted by Crippen LogP contribution is -1.27. The Morgan fingerprint density at radius 1 is 0.750 bits per heavy atom. The van der Waals surface area contributed by atoms with Crippen LogP contribution in [0.4, 0.5) is 0 Å². The summed E-state index contributed by atoms with van der Waals surface area (Å²) >= 11 is 0. The maximum Gasteiger partial charge on any atom is -0.0533 e. The fraction of sp³-hybridized carbons (Fsp3) is 0.833. The third-order valence-corrected chi connectivity index (χ3v) is 0.354. The molecule has 0 nitrogen and oxygen atoms in total. The van der Waals surface area contributed by atoms with Gasteiger partial charge in [-0.05, 0) is 0 Å². The predicted octanol–water partition coefficient (Wildman–Crippen LogP) is 4.89. The first-order valence-electron chi connectivity index (χ1n) is 5.25. The Morgan fingerprint density at radius 2 is 0.833 bits per heavy atom. The maximum absolute atomic E-state index is 4.00. The topological polar surface area (TPSA) is 0 Å². The highest BCUT2D eigenvalue weighted by atomic mass is 14.0. The molecular formula is C12H28. The van der Waals surface area contributed by atoms with Crippen LogP contribution in [0.5, 0.6) is 0 Å². The van der Waals surface area contributed by atoms with Crippen LogP contribution in [0, 0.1) is 12.8 Å². The fourth-order valence-electron chi connectivity index (χ4n) is 0. The van der Waals surface area contributed by atoms with Crippen molar-refractivity contribution in [3.05, 3.63) is 0 Å². The molecule has 0 aromatic carbocycles. The third kappa shape index (κ3) is 2230. The zero-order valence-corrected chi connectivity index (χ0v) is 9.98. The summed E-state index contributed by atoms with van der Waals surface area (Å²) in [5.41, 5.74) is 0. The second-order valence-electron chi connectivity index (χ2n) is 1.77. The van der Waals surface area contributed by atoms with Gasteiger partial charge in [0.05, 0.1) is 0 Å². The summed E-state index contributed by atoms with van der Waals surface area (Å²) in [4.78, 5) is 0. The standard InChI is InChI=1S/C3H6.C3H8.2C2H6.C2H2/c1-2-3-1;1-3-2;3*1-2/h1-3H2;3H2,1-2H3;2*1-2H3;1-2H. The van der Waals surface area contributed by atoms with Crippen LogP contribution in [0.2, 0.25) is 0 Å². The summed E-state index contributed by atoms with van der Waals surface area (Å²) in [6.45, 7) is 12.2. The van der Waals surface area contributed by atoms with Crippen molar-refractivity contribution in [2.45, 2.75) is 67.2 Å². The van der Waals surface area contributed by atoms with E-state index in [1.54, 1.807) is 0 Å². The van der Waals surface area contributed by atoms with Crippen molar-refractivity contribution in [1.29, 1.82) is 0 Å². The highest BCUT2D eigenvalue weighted by Crippen LogP contribution is 2.14. The molecule has 0 aromatic rings. The second-order valence-corrected chi connectivity index (χ2v) is 1.77. The summed E-state index contributed by atoms with van der Waals surface area (Å²) in [5, 5.41) is 0. The Balaban J connectivity index is -0.0000000342. The number of rotatable bonds is 0. The van der Waals surface area contributed by atoms with Crippen molar-refractivity contribution in [3.63, 3.8) is 0 Å². The van der Waals surface area contributed by atoms with Crippen LogP contribution in [0.15, 0.2) is 0 Å². The van der Waals surface area contributed by atoms with Crippen molar-refractivity contribution in [2.24, 2.45) is 0 Å². The molecule has 0 amide bonds. The van der Waals surface area contributed by atoms with E-state index in [1.165, 1.54) is 25.7 Å². The second kappa shape index (κ2) is 76.2. The molecule has 12 heavy (non-hydrogen) atoms. The minimum atomic E-state index is 1.25. The Bertz CT molecular complexity index is 29.8. The third-order valence-electron chi connectivity index (χ3n) is 0.354. The molecule has 76 valence electrons. The van der Waals surface area contributed by atoms with Gasteiger partial charge in [-0.3, -0.25) is 0 Å². The molecule has 0 atom stereocenters. The minimum absolute atomic E-state index is 1.25. The lowest BCUT2D eigenvalue weighted by molar-refractivity contribution is 1.09. The zero-order valence-electron chi connectivity index (χ0n) is 9.98. The number of hydrogen-bond donors (Lipinski definition) is 0. The van der Waals surface area contributed by atoms with Gasteiger partial charge < -0.3 is 0 Å². The van der Waals surface area contributed by atoms with Crippen molar-refractivity contribution in [2.75, 3.05) is 0 Å². The Labute approximate surface area is 80.8 Å². The van der Waals surface area contributed by atoms with Gasteiger partial charge in [0, 0.05) is 0 Å². The molecule has 0 N–H and O–H groups in total. The van der Waals surface area contributed by atoms with E-state index in [9.17, 15) is 0 Å². The fourth-order valence-corrected chi connectivity index (χ4v) is 0. The number of terminal acetylenes is 1. The van der Waals surface area contributed by atoms with Gasteiger partial charge in [-0.1, -0.05) is 67.2 Å². The summed E-state index contributed by atoms with van der Waals surface area (Å²) in [7, 11) is 0. The van der Waals surface area contributed by atoms with Gasteiger partial charge >= 0.3 is 0 Å². The molecular weight excluding hydrogens is 144 g/mol. The maximum atomic E-state index is 4.00. The molecule has 1 aliphatic carbocycles. The molecule has 1 fully saturated rings. The Hall–Kier alpha value is -0.440. The van der Waals surface area contributed by atoms with Crippen molar-refractivity contribution in [3.8, 4) is 12.8 Å². The molecule has 0 radical (unpaired) electrons. The van der Waals surface area contributed by atoms with E-state index in [0.717, 1.165) is 0 Å². The summed E-state index contributed by atoms with van der Waals surface area (Å²) in [5.74, 6) is 0. The number of hydrogen-bond acceptors (Lipinski definition) is 0. The lowest BCUT2D eigenvalue weighted by Gasteiger charge is -1.48. The van der Waals surface area contributed by atoms with Crippen LogP contribution >= 0.6 is 0 Å². The van der Waals surface area contributed by atoms with Crippen molar-refractivity contribution in [1.82, 2.24) is 0 Å². The predicted molar refractivity (Wildman–Crippen MR) is 62.4 cm³/mol. The highest BCUT2D eigenvalue weighted by molar-refractivity contribution is 4.50. The molecule has 0 spiro atoms. The first-order valence-corrected chi connectivity index (χ1v) is 5.25. The highest BCUT2D eigenvalue weighted by Gasteiger charge is 1.95. The van der Waals surface area contributed by atoms with Crippen LogP contribution in [-0.4, -0.2) is 0 Å². The van der Waals surface area contributed by atoms with Gasteiger partial charge in [0.25, 0.3) is 0 Å². The summed E-state index contributed by atoms with van der Waals surface area (Å²) in [6.07, 6.45) is 13.8. The smallest absolute Gasteiger partial charge is 0.0533 e. The molecule has 0 aromatic heterocycles. The van der Waals surface area contributed by atoms with Crippen LogP contribution in [0.1, 0.15) is 67.2 Å². The molecule has 1 saturated carbocycles. The Kier molecular flexibility index (Phi) is 143. The average Bonchev–Trinajstić information content (AvgIpc) is 3.02. The quantitative estimate of drug-likeness (QED) is 0.456. The van der Waals surface area contributed by atoms with Crippen LogP contribution < -0.4 is 0 Å². The molecule has 0 heteroatoms. The molecule has 1 aliphatic rings. The van der Waals surface area contributed by atoms with E-state index < -0.39 is 0 Å². The molecule has 0 aliphatic heterocycles. The van der Waals surface area contributed by atoms with Gasteiger partial charge in [-0.15, -0.1) is 12.8 Å². The van der Waals surface area contributed by atoms with Crippen LogP contribution in [0.3, 0.4) is 0 Å². The van der Waals surface area contributed by atoms with E-state index in [-0.39, 0.29) is 0 Å². The van der Waals surface area contributed by atoms with Gasteiger partial charge in [-0.2, -0.15) is 0 Å².